The predicted molar refractivity (Wildman–Crippen MR) is 42.1 cm³/mol. The van der Waals surface area contributed by atoms with E-state index < -0.39 is 0 Å². The lowest BCUT2D eigenvalue weighted by molar-refractivity contribution is 1.46. The standard InChI is InChI=1S/C7H11Br/c1-4-6(2)5-7(3)8/h4-5H,1-3H3/b6-4-,7-5+. The van der Waals surface area contributed by atoms with Crippen molar-refractivity contribution in [2.75, 3.05) is 0 Å². The molecule has 0 amide bonds. The molecule has 46 valence electrons. The quantitative estimate of drug-likeness (QED) is 0.536. The highest BCUT2D eigenvalue weighted by atomic mass is 79.9. The molecular formula is C7H11Br. The Morgan fingerprint density at radius 1 is 1.38 bits per heavy atom. The molecule has 0 atom stereocenters. The van der Waals surface area contributed by atoms with Crippen molar-refractivity contribution in [2.45, 2.75) is 20.8 Å². The highest BCUT2D eigenvalue weighted by Gasteiger charge is 1.78. The first-order valence-electron chi connectivity index (χ1n) is 2.63. The molecule has 0 saturated heterocycles. The Kier molecular flexibility index (Phi) is 3.88. The van der Waals surface area contributed by atoms with E-state index in [0.29, 0.717) is 0 Å². The summed E-state index contributed by atoms with van der Waals surface area (Å²) in [6.07, 6.45) is 4.16. The van der Waals surface area contributed by atoms with Crippen molar-refractivity contribution >= 4 is 15.9 Å². The Labute approximate surface area is 59.4 Å². The van der Waals surface area contributed by atoms with E-state index in [-0.39, 0.29) is 0 Å². The minimum absolute atomic E-state index is 1.17. The fraction of sp³-hybridized carbons (Fsp3) is 0.429. The van der Waals surface area contributed by atoms with Gasteiger partial charge in [-0.2, -0.15) is 0 Å². The maximum Gasteiger partial charge on any atom is -0.00779 e. The van der Waals surface area contributed by atoms with Gasteiger partial charge in [0.2, 0.25) is 0 Å². The monoisotopic (exact) mass is 174 g/mol. The van der Waals surface area contributed by atoms with Crippen LogP contribution in [0.15, 0.2) is 22.2 Å². The van der Waals surface area contributed by atoms with Crippen LogP contribution in [0.5, 0.6) is 0 Å². The summed E-state index contributed by atoms with van der Waals surface area (Å²) in [5.74, 6) is 0. The molecule has 1 heteroatoms. The first-order chi connectivity index (χ1) is 3.66. The van der Waals surface area contributed by atoms with E-state index in [0.717, 1.165) is 0 Å². The zero-order valence-electron chi connectivity index (χ0n) is 5.53. The topological polar surface area (TPSA) is 0 Å². The van der Waals surface area contributed by atoms with Crippen LogP contribution < -0.4 is 0 Å². The molecule has 0 unspecified atom stereocenters. The van der Waals surface area contributed by atoms with Gasteiger partial charge in [0.1, 0.15) is 0 Å². The Balaban J connectivity index is 3.89. The van der Waals surface area contributed by atoms with Crippen molar-refractivity contribution < 1.29 is 0 Å². The van der Waals surface area contributed by atoms with Crippen LogP contribution in [-0.2, 0) is 0 Å². The average Bonchev–Trinajstić information content (AvgIpc) is 1.65. The number of hydrogen-bond acceptors (Lipinski definition) is 0. The minimum atomic E-state index is 1.17. The Morgan fingerprint density at radius 2 is 1.88 bits per heavy atom. The maximum atomic E-state index is 3.34. The van der Waals surface area contributed by atoms with Gasteiger partial charge in [-0.15, -0.1) is 0 Å². The van der Waals surface area contributed by atoms with Crippen molar-refractivity contribution in [3.05, 3.63) is 22.2 Å². The van der Waals surface area contributed by atoms with Gasteiger partial charge in [0.25, 0.3) is 0 Å². The van der Waals surface area contributed by atoms with Crippen molar-refractivity contribution in [3.8, 4) is 0 Å². The summed E-state index contributed by atoms with van der Waals surface area (Å²) in [5, 5.41) is 0. The third kappa shape index (κ3) is 4.13. The van der Waals surface area contributed by atoms with Gasteiger partial charge in [0, 0.05) is 0 Å². The van der Waals surface area contributed by atoms with Gasteiger partial charge in [-0.05, 0) is 31.3 Å². The van der Waals surface area contributed by atoms with Gasteiger partial charge in [0.05, 0.1) is 0 Å². The lowest BCUT2D eigenvalue weighted by atomic mass is 10.3. The predicted octanol–water partition coefficient (Wildman–Crippen LogP) is 3.25. The third-order valence-corrected chi connectivity index (χ3v) is 1.11. The van der Waals surface area contributed by atoms with Crippen LogP contribution in [0.25, 0.3) is 0 Å². The Bertz CT molecular complexity index is 116. The Morgan fingerprint density at radius 3 is 2.00 bits per heavy atom. The number of allylic oxidation sites excluding steroid dienone is 4. The summed E-state index contributed by atoms with van der Waals surface area (Å²) in [6, 6.07) is 0. The van der Waals surface area contributed by atoms with Crippen LogP contribution in [0, 0.1) is 0 Å². The van der Waals surface area contributed by atoms with Crippen molar-refractivity contribution in [2.24, 2.45) is 0 Å². The molecular weight excluding hydrogens is 164 g/mol. The molecule has 0 N–H and O–H groups in total. The number of halogens is 1. The van der Waals surface area contributed by atoms with E-state index in [1.165, 1.54) is 10.1 Å². The van der Waals surface area contributed by atoms with Crippen LogP contribution >= 0.6 is 15.9 Å². The fourth-order valence-electron chi connectivity index (χ4n) is 0.397. The van der Waals surface area contributed by atoms with Crippen LogP contribution in [0.1, 0.15) is 20.8 Å². The molecule has 0 spiro atoms. The second kappa shape index (κ2) is 3.90. The van der Waals surface area contributed by atoms with Gasteiger partial charge in [-0.3, -0.25) is 0 Å². The molecule has 0 nitrogen and oxygen atoms in total. The van der Waals surface area contributed by atoms with Crippen LogP contribution in [0.4, 0.5) is 0 Å². The summed E-state index contributed by atoms with van der Waals surface area (Å²) in [6.45, 7) is 6.12. The largest absolute Gasteiger partial charge is 0.0847 e. The summed E-state index contributed by atoms with van der Waals surface area (Å²) in [4.78, 5) is 0. The molecule has 0 rings (SSSR count). The first-order valence-corrected chi connectivity index (χ1v) is 3.43. The van der Waals surface area contributed by atoms with Crippen molar-refractivity contribution in [3.63, 3.8) is 0 Å². The van der Waals surface area contributed by atoms with Gasteiger partial charge in [-0.25, -0.2) is 0 Å². The van der Waals surface area contributed by atoms with Gasteiger partial charge in [-0.1, -0.05) is 27.6 Å². The van der Waals surface area contributed by atoms with Crippen LogP contribution in [0.3, 0.4) is 0 Å². The summed E-state index contributed by atoms with van der Waals surface area (Å²) in [7, 11) is 0. The molecule has 0 aromatic heterocycles. The number of rotatable bonds is 1. The lowest BCUT2D eigenvalue weighted by Crippen LogP contribution is -1.64. The maximum absolute atomic E-state index is 3.34. The summed E-state index contributed by atoms with van der Waals surface area (Å²) in [5.41, 5.74) is 1.29. The molecule has 0 bridgehead atoms. The smallest absolute Gasteiger partial charge is 0.00779 e. The highest BCUT2D eigenvalue weighted by Crippen LogP contribution is 2.06. The van der Waals surface area contributed by atoms with Gasteiger partial charge >= 0.3 is 0 Å². The highest BCUT2D eigenvalue weighted by molar-refractivity contribution is 9.11. The van der Waals surface area contributed by atoms with Crippen molar-refractivity contribution in [1.82, 2.24) is 0 Å². The molecule has 0 aliphatic carbocycles. The van der Waals surface area contributed by atoms with E-state index in [1.807, 2.05) is 13.8 Å². The average molecular weight is 175 g/mol. The molecule has 0 aliphatic heterocycles. The van der Waals surface area contributed by atoms with E-state index in [9.17, 15) is 0 Å². The minimum Gasteiger partial charge on any atom is -0.0847 e. The lowest BCUT2D eigenvalue weighted by Gasteiger charge is -1.87. The molecule has 0 aliphatic rings. The normalized spacial score (nSPS) is 14.5. The van der Waals surface area contributed by atoms with Crippen LogP contribution in [0.2, 0.25) is 0 Å². The molecule has 0 aromatic carbocycles. The van der Waals surface area contributed by atoms with E-state index in [1.54, 1.807) is 0 Å². The number of hydrogen-bond donors (Lipinski definition) is 0. The molecule has 0 heterocycles. The molecule has 0 aromatic rings. The van der Waals surface area contributed by atoms with Crippen LogP contribution in [-0.4, -0.2) is 0 Å². The summed E-state index contributed by atoms with van der Waals surface area (Å²) < 4.78 is 1.17. The SMILES string of the molecule is C/C=C(C)\C=C(/C)Br. The Hall–Kier alpha value is -0.0400. The van der Waals surface area contributed by atoms with Gasteiger partial charge in [0.15, 0.2) is 0 Å². The first kappa shape index (κ1) is 7.96. The zero-order valence-corrected chi connectivity index (χ0v) is 7.12. The van der Waals surface area contributed by atoms with E-state index in [2.05, 4.69) is 35.0 Å². The zero-order chi connectivity index (χ0) is 6.57. The molecule has 0 saturated carbocycles. The van der Waals surface area contributed by atoms with Crippen molar-refractivity contribution in [1.29, 1.82) is 0 Å². The van der Waals surface area contributed by atoms with E-state index >= 15 is 0 Å². The molecule has 0 radical (unpaired) electrons. The fourth-order valence-corrected chi connectivity index (χ4v) is 0.758. The summed E-state index contributed by atoms with van der Waals surface area (Å²) >= 11 is 3.34. The second-order valence-electron chi connectivity index (χ2n) is 1.76. The third-order valence-electron chi connectivity index (χ3n) is 0.882. The second-order valence-corrected chi connectivity index (χ2v) is 3.01. The van der Waals surface area contributed by atoms with Gasteiger partial charge < -0.3 is 0 Å². The molecule has 0 fully saturated rings. The van der Waals surface area contributed by atoms with E-state index in [4.69, 9.17) is 0 Å². The molecule has 8 heavy (non-hydrogen) atoms.